The largest absolute Gasteiger partial charge is 0.508 e. The molecule has 2 aliphatic heterocycles. The Kier molecular flexibility index (Phi) is 1.94. The zero-order valence-electron chi connectivity index (χ0n) is 8.80. The molecular formula is C10H10N4O3. The molecule has 7 nitrogen and oxygen atoms in total. The highest BCUT2D eigenvalue weighted by Crippen LogP contribution is 2.36. The first kappa shape index (κ1) is 9.88. The van der Waals surface area contributed by atoms with Gasteiger partial charge < -0.3 is 5.11 Å². The van der Waals surface area contributed by atoms with Crippen LogP contribution < -0.4 is 0 Å². The lowest BCUT2D eigenvalue weighted by molar-refractivity contribution is -0.538. The van der Waals surface area contributed by atoms with E-state index in [1.807, 2.05) is 0 Å². The number of hydrogen-bond acceptors (Lipinski definition) is 6. The van der Waals surface area contributed by atoms with E-state index < -0.39 is 6.17 Å². The summed E-state index contributed by atoms with van der Waals surface area (Å²) in [6.45, 7) is 0.287. The molecule has 1 N–H and O–H groups in total. The van der Waals surface area contributed by atoms with E-state index in [-0.39, 0.29) is 23.4 Å². The van der Waals surface area contributed by atoms with Gasteiger partial charge in [0.15, 0.2) is 6.17 Å². The third-order valence-corrected chi connectivity index (χ3v) is 3.03. The lowest BCUT2D eigenvalue weighted by Gasteiger charge is -2.19. The summed E-state index contributed by atoms with van der Waals surface area (Å²) in [5, 5.41) is 25.8. The van der Waals surface area contributed by atoms with Crippen molar-refractivity contribution in [2.45, 2.75) is 12.3 Å². The van der Waals surface area contributed by atoms with Gasteiger partial charge in [0.1, 0.15) is 18.6 Å². The molecule has 1 aromatic rings. The molecule has 0 radical (unpaired) electrons. The molecule has 2 unspecified atom stereocenters. The summed E-state index contributed by atoms with van der Waals surface area (Å²) in [5.74, 6) is 0.177. The van der Waals surface area contributed by atoms with Crippen LogP contribution >= 0.6 is 0 Å². The second kappa shape index (κ2) is 3.34. The topological polar surface area (TPSA) is 82.2 Å². The minimum Gasteiger partial charge on any atom is -0.508 e. The number of nitro groups is 1. The molecule has 17 heavy (non-hydrogen) atoms. The fourth-order valence-electron chi connectivity index (χ4n) is 2.22. The van der Waals surface area contributed by atoms with Gasteiger partial charge in [0.05, 0.1) is 0 Å². The molecule has 2 aliphatic rings. The highest BCUT2D eigenvalue weighted by atomic mass is 16.6. The Morgan fingerprint density at radius 3 is 2.71 bits per heavy atom. The number of fused-ring (bicyclic) bond motifs is 2. The third kappa shape index (κ3) is 1.39. The number of benzene rings is 1. The molecule has 0 aliphatic carbocycles. The summed E-state index contributed by atoms with van der Waals surface area (Å²) in [6.07, 6.45) is 0.520. The van der Waals surface area contributed by atoms with Crippen LogP contribution in [0.25, 0.3) is 0 Å². The summed E-state index contributed by atoms with van der Waals surface area (Å²) >= 11 is 0. The van der Waals surface area contributed by atoms with Crippen LogP contribution in [0.15, 0.2) is 29.4 Å². The van der Waals surface area contributed by atoms with Crippen LogP contribution in [0.4, 0.5) is 0 Å². The summed E-state index contributed by atoms with van der Waals surface area (Å²) in [6, 6.07) is 6.63. The summed E-state index contributed by atoms with van der Waals surface area (Å²) < 4.78 is 0. The van der Waals surface area contributed by atoms with Gasteiger partial charge in [-0.05, 0) is 17.7 Å². The number of phenolic OH excluding ortho intramolecular Hbond substituents is 1. The maximum atomic E-state index is 10.9. The van der Waals surface area contributed by atoms with Crippen molar-refractivity contribution in [3.8, 4) is 5.75 Å². The van der Waals surface area contributed by atoms with Gasteiger partial charge in [-0.25, -0.2) is 0 Å². The predicted octanol–water partition coefficient (Wildman–Crippen LogP) is 0.568. The number of aromatic hydroxyl groups is 1. The normalized spacial score (nSPS) is 25.6. The van der Waals surface area contributed by atoms with Crippen molar-refractivity contribution >= 4 is 6.34 Å². The number of nitrogens with zero attached hydrogens (tertiary/aromatic N) is 4. The Hall–Kier alpha value is -2.31. The van der Waals surface area contributed by atoms with Crippen LogP contribution in [0.1, 0.15) is 11.7 Å². The van der Waals surface area contributed by atoms with Gasteiger partial charge in [0.2, 0.25) is 0 Å². The fraction of sp³-hybridized carbons (Fsp3) is 0.300. The fourth-order valence-corrected chi connectivity index (χ4v) is 2.22. The summed E-state index contributed by atoms with van der Waals surface area (Å²) in [4.78, 5) is 12.2. The van der Waals surface area contributed by atoms with Gasteiger partial charge in [-0.3, -0.25) is 20.0 Å². The van der Waals surface area contributed by atoms with E-state index in [4.69, 9.17) is 0 Å². The molecule has 0 spiro atoms. The molecule has 3 rings (SSSR count). The van der Waals surface area contributed by atoms with E-state index >= 15 is 0 Å². The molecular weight excluding hydrogens is 224 g/mol. The van der Waals surface area contributed by atoms with Crippen LogP contribution in [0.5, 0.6) is 5.75 Å². The molecule has 2 bridgehead atoms. The molecule has 0 aromatic heterocycles. The lowest BCUT2D eigenvalue weighted by Crippen LogP contribution is -2.37. The van der Waals surface area contributed by atoms with Crippen molar-refractivity contribution in [3.63, 3.8) is 0 Å². The Balaban J connectivity index is 1.92. The SMILES string of the molecule is O=[N+]([O-])C1CN2N=CN1C2c1ccc(O)cc1. The Labute approximate surface area is 96.7 Å². The number of rotatable bonds is 2. The second-order valence-electron chi connectivity index (χ2n) is 4.03. The van der Waals surface area contributed by atoms with Gasteiger partial charge in [-0.1, -0.05) is 12.1 Å². The lowest BCUT2D eigenvalue weighted by atomic mass is 10.1. The first-order valence-electron chi connectivity index (χ1n) is 5.17. The minimum atomic E-state index is -0.744. The molecule has 2 atom stereocenters. The Bertz CT molecular complexity index is 487. The highest BCUT2D eigenvalue weighted by molar-refractivity contribution is 5.59. The standard InChI is InChI=1S/C10H10N4O3/c15-8-3-1-7(2-4-8)10-12-6-11-13(10)5-9(12)14(16)17/h1-4,6,9-10,15H,5H2. The van der Waals surface area contributed by atoms with E-state index in [1.54, 1.807) is 34.2 Å². The number of hydrogen-bond donors (Lipinski definition) is 1. The Morgan fingerprint density at radius 1 is 1.41 bits per heavy atom. The molecule has 0 saturated carbocycles. The number of phenols is 1. The first-order chi connectivity index (χ1) is 8.16. The maximum absolute atomic E-state index is 10.9. The van der Waals surface area contributed by atoms with E-state index in [2.05, 4.69) is 5.10 Å². The van der Waals surface area contributed by atoms with E-state index in [9.17, 15) is 15.2 Å². The zero-order chi connectivity index (χ0) is 12.0. The van der Waals surface area contributed by atoms with Gasteiger partial charge in [0.25, 0.3) is 0 Å². The van der Waals surface area contributed by atoms with Crippen LogP contribution in [-0.4, -0.2) is 39.0 Å². The molecule has 7 heteroatoms. The monoisotopic (exact) mass is 234 g/mol. The van der Waals surface area contributed by atoms with Crippen molar-refractivity contribution in [2.75, 3.05) is 6.54 Å². The van der Waals surface area contributed by atoms with E-state index in [0.29, 0.717) is 0 Å². The predicted molar refractivity (Wildman–Crippen MR) is 58.7 cm³/mol. The summed E-state index contributed by atoms with van der Waals surface area (Å²) in [5.41, 5.74) is 0.879. The first-order valence-corrected chi connectivity index (χ1v) is 5.17. The van der Waals surface area contributed by atoms with Gasteiger partial charge >= 0.3 is 6.17 Å². The van der Waals surface area contributed by atoms with Crippen molar-refractivity contribution in [1.29, 1.82) is 0 Å². The van der Waals surface area contributed by atoms with E-state index in [1.165, 1.54) is 6.34 Å². The zero-order valence-corrected chi connectivity index (χ0v) is 8.80. The Morgan fingerprint density at radius 2 is 2.12 bits per heavy atom. The van der Waals surface area contributed by atoms with Crippen LogP contribution in [0.3, 0.4) is 0 Å². The second-order valence-corrected chi connectivity index (χ2v) is 4.03. The summed E-state index contributed by atoms with van der Waals surface area (Å²) in [7, 11) is 0. The molecule has 0 amide bonds. The molecule has 1 fully saturated rings. The molecule has 1 aromatic carbocycles. The molecule has 88 valence electrons. The van der Waals surface area contributed by atoms with Crippen molar-refractivity contribution < 1.29 is 10.0 Å². The maximum Gasteiger partial charge on any atom is 0.309 e. The van der Waals surface area contributed by atoms with Gasteiger partial charge in [0, 0.05) is 4.92 Å². The highest BCUT2D eigenvalue weighted by Gasteiger charge is 2.48. The van der Waals surface area contributed by atoms with Crippen LogP contribution in [0, 0.1) is 10.1 Å². The van der Waals surface area contributed by atoms with Crippen molar-refractivity contribution in [2.24, 2.45) is 5.10 Å². The van der Waals surface area contributed by atoms with Gasteiger partial charge in [-0.2, -0.15) is 5.10 Å². The minimum absolute atomic E-state index is 0.177. The average Bonchev–Trinajstić information content (AvgIpc) is 2.87. The smallest absolute Gasteiger partial charge is 0.309 e. The average molecular weight is 234 g/mol. The number of hydrazone groups is 1. The van der Waals surface area contributed by atoms with Crippen molar-refractivity contribution in [3.05, 3.63) is 39.9 Å². The molecule has 1 saturated heterocycles. The van der Waals surface area contributed by atoms with Crippen LogP contribution in [-0.2, 0) is 0 Å². The molecule has 2 heterocycles. The quantitative estimate of drug-likeness (QED) is 0.597. The van der Waals surface area contributed by atoms with Crippen molar-refractivity contribution in [1.82, 2.24) is 9.91 Å². The van der Waals surface area contributed by atoms with E-state index in [0.717, 1.165) is 5.56 Å². The third-order valence-electron chi connectivity index (χ3n) is 3.03. The van der Waals surface area contributed by atoms with Crippen LogP contribution in [0.2, 0.25) is 0 Å². The van der Waals surface area contributed by atoms with Gasteiger partial charge in [-0.15, -0.1) is 0 Å².